The van der Waals surface area contributed by atoms with E-state index in [4.69, 9.17) is 9.47 Å². The number of carbonyl (C=O) groups excluding carboxylic acids is 2. The van der Waals surface area contributed by atoms with Crippen LogP contribution in [0.4, 0.5) is 0 Å². The number of ether oxygens (including phenoxy) is 2. The molecule has 0 aromatic carbocycles. The van der Waals surface area contributed by atoms with Crippen LogP contribution in [-0.4, -0.2) is 34.8 Å². The van der Waals surface area contributed by atoms with Crippen molar-refractivity contribution in [2.24, 2.45) is 0 Å². The van der Waals surface area contributed by atoms with Gasteiger partial charge in [-0.1, -0.05) is 45.7 Å². The number of hydrogen-bond acceptors (Lipinski definition) is 4. The SMILES string of the molecule is CCC(Br)C(=O)OCCCCCOC(=O)C(Br)CC. The van der Waals surface area contributed by atoms with E-state index >= 15 is 0 Å². The lowest BCUT2D eigenvalue weighted by Gasteiger charge is -2.09. The minimum Gasteiger partial charge on any atom is -0.465 e. The van der Waals surface area contributed by atoms with Gasteiger partial charge in [0.1, 0.15) is 9.65 Å². The van der Waals surface area contributed by atoms with Gasteiger partial charge in [0.25, 0.3) is 0 Å². The summed E-state index contributed by atoms with van der Waals surface area (Å²) >= 11 is 6.47. The summed E-state index contributed by atoms with van der Waals surface area (Å²) in [4.78, 5) is 22.2. The van der Waals surface area contributed by atoms with Crippen molar-refractivity contribution in [2.75, 3.05) is 13.2 Å². The highest BCUT2D eigenvalue weighted by Crippen LogP contribution is 2.08. The molecule has 0 aliphatic rings. The Morgan fingerprint density at radius 2 is 1.21 bits per heavy atom. The maximum absolute atomic E-state index is 11.3. The van der Waals surface area contributed by atoms with Crippen molar-refractivity contribution in [3.8, 4) is 0 Å². The Labute approximate surface area is 131 Å². The van der Waals surface area contributed by atoms with Gasteiger partial charge >= 0.3 is 11.9 Å². The number of hydrogen-bond donors (Lipinski definition) is 0. The minimum atomic E-state index is -0.210. The van der Waals surface area contributed by atoms with E-state index in [1.807, 2.05) is 13.8 Å². The van der Waals surface area contributed by atoms with E-state index in [0.29, 0.717) is 13.2 Å². The molecule has 0 aliphatic heterocycles. The van der Waals surface area contributed by atoms with Gasteiger partial charge in [-0.25, -0.2) is 0 Å². The fourth-order valence-electron chi connectivity index (χ4n) is 1.24. The molecule has 0 radical (unpaired) electrons. The summed E-state index contributed by atoms with van der Waals surface area (Å²) < 4.78 is 10.2. The lowest BCUT2D eigenvalue weighted by molar-refractivity contribution is -0.143. The van der Waals surface area contributed by atoms with Crippen molar-refractivity contribution in [3.05, 3.63) is 0 Å². The Morgan fingerprint density at radius 3 is 1.53 bits per heavy atom. The molecule has 0 saturated carbocycles. The third-order valence-corrected chi connectivity index (χ3v) is 4.55. The summed E-state index contributed by atoms with van der Waals surface area (Å²) in [5.41, 5.74) is 0. The standard InChI is InChI=1S/C13H22Br2O4/c1-3-10(14)12(16)18-8-6-5-7-9-19-13(17)11(15)4-2/h10-11H,3-9H2,1-2H3. The summed E-state index contributed by atoms with van der Waals surface area (Å²) in [6.07, 6.45) is 3.90. The van der Waals surface area contributed by atoms with E-state index in [-0.39, 0.29) is 21.6 Å². The van der Waals surface area contributed by atoms with Crippen molar-refractivity contribution >= 4 is 43.8 Å². The van der Waals surface area contributed by atoms with E-state index in [0.717, 1.165) is 32.1 Å². The van der Waals surface area contributed by atoms with Crippen LogP contribution in [-0.2, 0) is 19.1 Å². The van der Waals surface area contributed by atoms with E-state index in [1.54, 1.807) is 0 Å². The molecule has 4 nitrogen and oxygen atoms in total. The first-order valence-corrected chi connectivity index (χ1v) is 8.47. The highest BCUT2D eigenvalue weighted by Gasteiger charge is 2.14. The summed E-state index contributed by atoms with van der Waals surface area (Å²) in [5, 5.41) is 0. The molecule has 0 rings (SSSR count). The Hall–Kier alpha value is -0.100. The fourth-order valence-corrected chi connectivity index (χ4v) is 1.50. The zero-order valence-electron chi connectivity index (χ0n) is 11.5. The van der Waals surface area contributed by atoms with Crippen LogP contribution in [0.3, 0.4) is 0 Å². The second kappa shape index (κ2) is 11.7. The van der Waals surface area contributed by atoms with Gasteiger partial charge in [0.2, 0.25) is 0 Å². The maximum atomic E-state index is 11.3. The minimum absolute atomic E-state index is 0.209. The third kappa shape index (κ3) is 9.44. The van der Waals surface area contributed by atoms with E-state index in [9.17, 15) is 9.59 Å². The van der Waals surface area contributed by atoms with Crippen molar-refractivity contribution in [2.45, 2.75) is 55.6 Å². The monoisotopic (exact) mass is 400 g/mol. The number of carbonyl (C=O) groups is 2. The summed E-state index contributed by atoms with van der Waals surface area (Å²) in [6, 6.07) is 0. The summed E-state index contributed by atoms with van der Waals surface area (Å²) in [7, 11) is 0. The van der Waals surface area contributed by atoms with Gasteiger partial charge < -0.3 is 9.47 Å². The van der Waals surface area contributed by atoms with Gasteiger partial charge in [0.05, 0.1) is 13.2 Å². The zero-order chi connectivity index (χ0) is 14.7. The van der Waals surface area contributed by atoms with Crippen LogP contribution in [0.5, 0.6) is 0 Å². The molecule has 0 aromatic rings. The summed E-state index contributed by atoms with van der Waals surface area (Å²) in [6.45, 7) is 4.68. The van der Waals surface area contributed by atoms with Crippen molar-refractivity contribution in [1.29, 1.82) is 0 Å². The van der Waals surface area contributed by atoms with E-state index in [2.05, 4.69) is 31.9 Å². The van der Waals surface area contributed by atoms with Crippen molar-refractivity contribution < 1.29 is 19.1 Å². The molecule has 0 heterocycles. The lowest BCUT2D eigenvalue weighted by atomic mass is 10.2. The molecule has 19 heavy (non-hydrogen) atoms. The molecule has 0 aliphatic carbocycles. The second-order valence-electron chi connectivity index (χ2n) is 4.15. The van der Waals surface area contributed by atoms with Gasteiger partial charge in [-0.2, -0.15) is 0 Å². The van der Waals surface area contributed by atoms with E-state index < -0.39 is 0 Å². The summed E-state index contributed by atoms with van der Waals surface area (Å²) in [5.74, 6) is -0.419. The fraction of sp³-hybridized carbons (Fsp3) is 0.846. The second-order valence-corrected chi connectivity index (χ2v) is 6.36. The smallest absolute Gasteiger partial charge is 0.319 e. The van der Waals surface area contributed by atoms with Crippen LogP contribution in [0.1, 0.15) is 46.0 Å². The molecule has 2 atom stereocenters. The molecule has 0 amide bonds. The first kappa shape index (κ1) is 18.9. The topological polar surface area (TPSA) is 52.6 Å². The number of alkyl halides is 2. The number of esters is 2. The largest absolute Gasteiger partial charge is 0.465 e. The van der Waals surface area contributed by atoms with Crippen LogP contribution in [0.2, 0.25) is 0 Å². The highest BCUT2D eigenvalue weighted by molar-refractivity contribution is 9.10. The van der Waals surface area contributed by atoms with Gasteiger partial charge in [0.15, 0.2) is 0 Å². The van der Waals surface area contributed by atoms with E-state index in [1.165, 1.54) is 0 Å². The Bertz CT molecular complexity index is 245. The molecule has 112 valence electrons. The van der Waals surface area contributed by atoms with Crippen LogP contribution < -0.4 is 0 Å². The maximum Gasteiger partial charge on any atom is 0.319 e. The predicted octanol–water partition coefficient (Wildman–Crippen LogP) is 3.59. The van der Waals surface area contributed by atoms with Gasteiger partial charge in [-0.05, 0) is 32.1 Å². The van der Waals surface area contributed by atoms with Gasteiger partial charge in [-0.3, -0.25) is 9.59 Å². The molecular formula is C13H22Br2O4. The van der Waals surface area contributed by atoms with Gasteiger partial charge in [0, 0.05) is 0 Å². The zero-order valence-corrected chi connectivity index (χ0v) is 14.7. The molecule has 0 bridgehead atoms. The molecule has 2 unspecified atom stereocenters. The van der Waals surface area contributed by atoms with Crippen molar-refractivity contribution in [1.82, 2.24) is 0 Å². The van der Waals surface area contributed by atoms with Crippen LogP contribution >= 0.6 is 31.9 Å². The van der Waals surface area contributed by atoms with Crippen LogP contribution in [0, 0.1) is 0 Å². The van der Waals surface area contributed by atoms with Gasteiger partial charge in [-0.15, -0.1) is 0 Å². The molecule has 0 N–H and O–H groups in total. The molecule has 0 spiro atoms. The highest BCUT2D eigenvalue weighted by atomic mass is 79.9. The quantitative estimate of drug-likeness (QED) is 0.319. The molecule has 0 aromatic heterocycles. The lowest BCUT2D eigenvalue weighted by Crippen LogP contribution is -2.18. The average molecular weight is 402 g/mol. The molecular weight excluding hydrogens is 380 g/mol. The van der Waals surface area contributed by atoms with Crippen LogP contribution in [0.25, 0.3) is 0 Å². The number of halogens is 2. The number of unbranched alkanes of at least 4 members (excludes halogenated alkanes) is 2. The molecule has 0 fully saturated rings. The first-order chi connectivity index (χ1) is 9.02. The van der Waals surface area contributed by atoms with Crippen LogP contribution in [0.15, 0.2) is 0 Å². The Morgan fingerprint density at radius 1 is 0.842 bits per heavy atom. The molecule has 6 heteroatoms. The Kier molecular flexibility index (Phi) is 11.6. The molecule has 0 saturated heterocycles. The average Bonchev–Trinajstić information content (AvgIpc) is 2.43. The first-order valence-electron chi connectivity index (χ1n) is 6.64. The predicted molar refractivity (Wildman–Crippen MR) is 81.8 cm³/mol. The van der Waals surface area contributed by atoms with Crippen molar-refractivity contribution in [3.63, 3.8) is 0 Å². The Balaban J connectivity index is 3.42. The normalized spacial score (nSPS) is 13.7. The third-order valence-electron chi connectivity index (χ3n) is 2.51. The number of rotatable bonds is 10.